The molecule has 0 fully saturated rings. The van der Waals surface area contributed by atoms with Crippen molar-refractivity contribution in [1.82, 2.24) is 0 Å². The maximum atomic E-state index is 6.43. The molecule has 0 unspecified atom stereocenters. The van der Waals surface area contributed by atoms with Gasteiger partial charge in [0.2, 0.25) is 0 Å². The van der Waals surface area contributed by atoms with Gasteiger partial charge in [0.15, 0.2) is 0 Å². The highest BCUT2D eigenvalue weighted by Crippen LogP contribution is 2.46. The summed E-state index contributed by atoms with van der Waals surface area (Å²) in [5.41, 5.74) is 10.5. The molecule has 11 rings (SSSR count). The molecule has 1 aliphatic rings. The van der Waals surface area contributed by atoms with Crippen LogP contribution in [0, 0.1) is 0 Å². The lowest BCUT2D eigenvalue weighted by atomic mass is 9.97. The molecule has 0 bridgehead atoms. The van der Waals surface area contributed by atoms with E-state index in [0.717, 1.165) is 39.0 Å². The summed E-state index contributed by atoms with van der Waals surface area (Å²) in [7, 11) is -2.04. The van der Waals surface area contributed by atoms with Crippen LogP contribution in [0.3, 0.4) is 0 Å². The summed E-state index contributed by atoms with van der Waals surface area (Å²) in [6.45, 7) is 5.05. The van der Waals surface area contributed by atoms with Crippen LogP contribution < -0.4 is 15.3 Å². The van der Waals surface area contributed by atoms with E-state index in [9.17, 15) is 0 Å². The molecule has 0 atom stereocenters. The number of hydrogen-bond acceptors (Lipinski definition) is 3. The fraction of sp³-hybridized carbons (Fsp3) is 0.0417. The number of fused-ring (bicyclic) bond motifs is 11. The molecule has 0 saturated heterocycles. The zero-order chi connectivity index (χ0) is 34.6. The van der Waals surface area contributed by atoms with Crippen molar-refractivity contribution in [1.29, 1.82) is 0 Å². The van der Waals surface area contributed by atoms with E-state index in [2.05, 4.69) is 176 Å². The van der Waals surface area contributed by atoms with Gasteiger partial charge in [0.05, 0.1) is 11.1 Å². The molecule has 0 radical (unpaired) electrons. The lowest BCUT2D eigenvalue weighted by Gasteiger charge is -2.28. The molecule has 0 saturated carbocycles. The van der Waals surface area contributed by atoms with Crippen LogP contribution >= 0.6 is 11.3 Å². The van der Waals surface area contributed by atoms with Crippen molar-refractivity contribution < 1.29 is 4.42 Å². The standard InChI is InChI=1S/C48H33NOSSi/c1-52(2)44-28-27-43-47(37-15-6-8-20-42(37)51-43)48(44)38-26-25-33(29-45(38)52)49(39-17-10-19-41-46(39)36-14-5-7-18-40(36)50-41)32-23-21-31(22-24-32)35-16-9-12-30-11-3-4-13-34(30)35/h3-29H,1-2H3. The van der Waals surface area contributed by atoms with Crippen molar-refractivity contribution in [3.63, 3.8) is 0 Å². The average Bonchev–Trinajstić information content (AvgIpc) is 3.83. The van der Waals surface area contributed by atoms with Crippen LogP contribution in [0.2, 0.25) is 13.1 Å². The van der Waals surface area contributed by atoms with Gasteiger partial charge in [-0.15, -0.1) is 11.3 Å². The number of hydrogen-bond donors (Lipinski definition) is 0. The summed E-state index contributed by atoms with van der Waals surface area (Å²) < 4.78 is 9.16. The smallest absolute Gasteiger partial charge is 0.137 e. The fourth-order valence-electron chi connectivity index (χ4n) is 8.81. The van der Waals surface area contributed by atoms with Gasteiger partial charge >= 0.3 is 0 Å². The topological polar surface area (TPSA) is 16.4 Å². The lowest BCUT2D eigenvalue weighted by molar-refractivity contribution is 0.669. The molecule has 2 nitrogen and oxygen atoms in total. The molecule has 4 heteroatoms. The molecular formula is C48H33NOSSi. The number of benzene rings is 8. The first-order valence-corrected chi connectivity index (χ1v) is 21.7. The summed E-state index contributed by atoms with van der Waals surface area (Å²) in [5, 5.41) is 10.6. The molecule has 0 aliphatic carbocycles. The van der Waals surface area contributed by atoms with E-state index in [0.29, 0.717) is 0 Å². The maximum absolute atomic E-state index is 6.43. The van der Waals surface area contributed by atoms with Gasteiger partial charge in [0, 0.05) is 36.9 Å². The normalized spacial score (nSPS) is 13.3. The minimum Gasteiger partial charge on any atom is -0.456 e. The quantitative estimate of drug-likeness (QED) is 0.170. The second-order valence-corrected chi connectivity index (χ2v) is 19.9. The van der Waals surface area contributed by atoms with Crippen LogP contribution in [0.4, 0.5) is 17.1 Å². The van der Waals surface area contributed by atoms with Crippen LogP contribution in [0.25, 0.3) is 75.1 Å². The van der Waals surface area contributed by atoms with Gasteiger partial charge in [0.1, 0.15) is 19.2 Å². The minimum atomic E-state index is -2.04. The van der Waals surface area contributed by atoms with Crippen molar-refractivity contribution in [3.8, 4) is 22.3 Å². The first-order chi connectivity index (χ1) is 25.5. The first-order valence-electron chi connectivity index (χ1n) is 17.9. The molecule has 0 amide bonds. The Morgan fingerprint density at radius 3 is 2.10 bits per heavy atom. The molecule has 246 valence electrons. The van der Waals surface area contributed by atoms with Crippen molar-refractivity contribution >= 4 is 99.7 Å². The first kappa shape index (κ1) is 29.8. The second kappa shape index (κ2) is 11.0. The third kappa shape index (κ3) is 4.22. The van der Waals surface area contributed by atoms with E-state index in [-0.39, 0.29) is 0 Å². The van der Waals surface area contributed by atoms with Gasteiger partial charge in [-0.05, 0) is 98.0 Å². The Morgan fingerprint density at radius 2 is 1.21 bits per heavy atom. The van der Waals surface area contributed by atoms with Crippen molar-refractivity contribution in [2.45, 2.75) is 13.1 Å². The molecule has 2 aromatic heterocycles. The number of anilines is 3. The van der Waals surface area contributed by atoms with Crippen LogP contribution in [-0.4, -0.2) is 8.07 Å². The van der Waals surface area contributed by atoms with E-state index >= 15 is 0 Å². The zero-order valence-electron chi connectivity index (χ0n) is 28.9. The molecule has 0 spiro atoms. The van der Waals surface area contributed by atoms with Gasteiger partial charge in [-0.25, -0.2) is 0 Å². The predicted octanol–water partition coefficient (Wildman–Crippen LogP) is 13.0. The Morgan fingerprint density at radius 1 is 0.500 bits per heavy atom. The number of thiophene rings is 1. The summed E-state index contributed by atoms with van der Waals surface area (Å²) in [6, 6.07) is 60.1. The molecule has 3 heterocycles. The molecule has 1 aliphatic heterocycles. The van der Waals surface area contributed by atoms with E-state index in [4.69, 9.17) is 4.42 Å². The van der Waals surface area contributed by atoms with Crippen molar-refractivity contribution in [3.05, 3.63) is 164 Å². The molecule has 0 N–H and O–H groups in total. The van der Waals surface area contributed by atoms with E-state index in [1.807, 2.05) is 17.4 Å². The van der Waals surface area contributed by atoms with Crippen molar-refractivity contribution in [2.75, 3.05) is 4.90 Å². The molecule has 52 heavy (non-hydrogen) atoms. The van der Waals surface area contributed by atoms with Gasteiger partial charge in [-0.1, -0.05) is 122 Å². The molecular weight excluding hydrogens is 667 g/mol. The number of furan rings is 1. The van der Waals surface area contributed by atoms with Gasteiger partial charge in [0.25, 0.3) is 0 Å². The monoisotopic (exact) mass is 699 g/mol. The van der Waals surface area contributed by atoms with Crippen LogP contribution in [-0.2, 0) is 0 Å². The highest BCUT2D eigenvalue weighted by Gasteiger charge is 2.39. The Balaban J connectivity index is 1.13. The highest BCUT2D eigenvalue weighted by molar-refractivity contribution is 7.26. The largest absolute Gasteiger partial charge is 0.456 e. The predicted molar refractivity (Wildman–Crippen MR) is 226 cm³/mol. The summed E-state index contributed by atoms with van der Waals surface area (Å²) in [4.78, 5) is 2.44. The third-order valence-electron chi connectivity index (χ3n) is 11.3. The Labute approximate surface area is 306 Å². The highest BCUT2D eigenvalue weighted by atomic mass is 32.1. The lowest BCUT2D eigenvalue weighted by Crippen LogP contribution is -2.49. The van der Waals surface area contributed by atoms with E-state index in [1.165, 1.54) is 63.6 Å². The van der Waals surface area contributed by atoms with Gasteiger partial charge in [-0.2, -0.15) is 0 Å². The summed E-state index contributed by atoms with van der Waals surface area (Å²) in [6.07, 6.45) is 0. The Kier molecular flexibility index (Phi) is 6.31. The maximum Gasteiger partial charge on any atom is 0.137 e. The Hall–Kier alpha value is -5.94. The average molecular weight is 700 g/mol. The minimum absolute atomic E-state index is 0.895. The summed E-state index contributed by atoms with van der Waals surface area (Å²) >= 11 is 1.91. The molecule has 10 aromatic rings. The van der Waals surface area contributed by atoms with E-state index in [1.54, 1.807) is 0 Å². The number of nitrogens with zero attached hydrogens (tertiary/aromatic N) is 1. The van der Waals surface area contributed by atoms with Gasteiger partial charge < -0.3 is 9.32 Å². The fourth-order valence-corrected chi connectivity index (χ4v) is 13.0. The third-order valence-corrected chi connectivity index (χ3v) is 15.9. The van der Waals surface area contributed by atoms with Crippen LogP contribution in [0.5, 0.6) is 0 Å². The Bertz CT molecular complexity index is 3050. The van der Waals surface area contributed by atoms with Crippen LogP contribution in [0.15, 0.2) is 168 Å². The number of rotatable bonds is 4. The summed E-state index contributed by atoms with van der Waals surface area (Å²) in [5.74, 6) is 0. The molecule has 8 aromatic carbocycles. The van der Waals surface area contributed by atoms with Gasteiger partial charge in [-0.3, -0.25) is 0 Å². The second-order valence-electron chi connectivity index (χ2n) is 14.5. The zero-order valence-corrected chi connectivity index (χ0v) is 30.7. The van der Waals surface area contributed by atoms with E-state index < -0.39 is 8.07 Å². The van der Waals surface area contributed by atoms with Crippen LogP contribution in [0.1, 0.15) is 0 Å². The van der Waals surface area contributed by atoms with Crippen molar-refractivity contribution in [2.24, 2.45) is 0 Å². The SMILES string of the molecule is C[Si]1(C)c2cc(N(c3ccc(-c4cccc5ccccc45)cc3)c3cccc4oc5ccccc5c34)ccc2-c2c1ccc1sc3ccccc3c21. The number of para-hydroxylation sites is 1.